The number of halogens is 3. The molecule has 4 heteroatoms. The fourth-order valence-electron chi connectivity index (χ4n) is 0. The van der Waals surface area contributed by atoms with Crippen molar-refractivity contribution in [3.63, 3.8) is 0 Å². The molecule has 0 aromatic rings. The monoisotopic (exact) mass is 181 g/mol. The Morgan fingerprint density at radius 1 is 1.25 bits per heavy atom. The minimum absolute atomic E-state index is 0. The van der Waals surface area contributed by atoms with E-state index < -0.39 is 0 Å². The summed E-state index contributed by atoms with van der Waals surface area (Å²) in [4.78, 5) is 0. The van der Waals surface area contributed by atoms with Crippen LogP contribution in [0.3, 0.4) is 0 Å². The lowest BCUT2D eigenvalue weighted by atomic mass is 10.3. The molecule has 0 aromatic heterocycles. The third-order valence-corrected chi connectivity index (χ3v) is 0.644. The maximum atomic E-state index is 5.29. The lowest BCUT2D eigenvalue weighted by Gasteiger charge is -1.91. The number of rotatable bonds is 1. The minimum Gasteiger partial charge on any atom is -0.328 e. The molecule has 8 heavy (non-hydrogen) atoms. The Morgan fingerprint density at radius 2 is 1.38 bits per heavy atom. The second kappa shape index (κ2) is 15.7. The molecule has 1 unspecified atom stereocenters. The molecular weight excluding hydrogens is 168 g/mol. The van der Waals surface area contributed by atoms with Crippen LogP contribution in [0.25, 0.3) is 0 Å². The van der Waals surface area contributed by atoms with Gasteiger partial charge in [0.15, 0.2) is 0 Å². The Bertz CT molecular complexity index is 25.2. The molecule has 0 saturated heterocycles. The van der Waals surface area contributed by atoms with Crippen LogP contribution in [0.15, 0.2) is 0 Å². The predicted molar refractivity (Wildman–Crippen MR) is 45.7 cm³/mol. The van der Waals surface area contributed by atoms with E-state index in [-0.39, 0.29) is 37.2 Å². The van der Waals surface area contributed by atoms with Crippen molar-refractivity contribution in [2.75, 3.05) is 0 Å². The van der Waals surface area contributed by atoms with Gasteiger partial charge in [0, 0.05) is 6.04 Å². The first kappa shape index (κ1) is 23.2. The summed E-state index contributed by atoms with van der Waals surface area (Å²) in [5, 5.41) is 0. The van der Waals surface area contributed by atoms with Gasteiger partial charge in [0.2, 0.25) is 0 Å². The first-order valence-corrected chi connectivity index (χ1v) is 2.03. The van der Waals surface area contributed by atoms with E-state index in [1.165, 1.54) is 0 Å². The normalized spacial score (nSPS) is 9.38. The molecule has 1 atom stereocenters. The Labute approximate surface area is 69.6 Å². The first-order valence-electron chi connectivity index (χ1n) is 2.03. The van der Waals surface area contributed by atoms with Gasteiger partial charge >= 0.3 is 0 Å². The molecule has 0 heterocycles. The van der Waals surface area contributed by atoms with Gasteiger partial charge in [-0.15, -0.1) is 37.2 Å². The van der Waals surface area contributed by atoms with E-state index >= 15 is 0 Å². The highest BCUT2D eigenvalue weighted by atomic mass is 35.5. The molecule has 2 N–H and O–H groups in total. The third kappa shape index (κ3) is 29.0. The molecular formula is C4H14Cl3N. The van der Waals surface area contributed by atoms with E-state index in [2.05, 4.69) is 6.92 Å². The number of hydrogen-bond acceptors (Lipinski definition) is 1. The smallest absolute Gasteiger partial charge is 0.000781 e. The fourth-order valence-corrected chi connectivity index (χ4v) is 0. The van der Waals surface area contributed by atoms with Crippen LogP contribution in [0.1, 0.15) is 20.3 Å². The average molecular weight is 183 g/mol. The first-order chi connectivity index (χ1) is 2.27. The van der Waals surface area contributed by atoms with Crippen LogP contribution in [-0.4, -0.2) is 6.04 Å². The van der Waals surface area contributed by atoms with E-state index in [0.717, 1.165) is 6.42 Å². The summed E-state index contributed by atoms with van der Waals surface area (Å²) in [6, 6.07) is 0.384. The van der Waals surface area contributed by atoms with Crippen molar-refractivity contribution >= 4 is 37.2 Å². The molecule has 0 aliphatic heterocycles. The van der Waals surface area contributed by atoms with E-state index in [9.17, 15) is 0 Å². The molecule has 0 aliphatic carbocycles. The summed E-state index contributed by atoms with van der Waals surface area (Å²) in [7, 11) is 0. The van der Waals surface area contributed by atoms with Crippen molar-refractivity contribution in [1.29, 1.82) is 0 Å². The van der Waals surface area contributed by atoms with Crippen molar-refractivity contribution in [3.8, 4) is 0 Å². The average Bonchev–Trinajstić information content (AvgIpc) is 1.38. The van der Waals surface area contributed by atoms with Gasteiger partial charge in [-0.3, -0.25) is 0 Å². The summed E-state index contributed by atoms with van der Waals surface area (Å²) in [5.74, 6) is 0. The summed E-state index contributed by atoms with van der Waals surface area (Å²) in [6.45, 7) is 4.07. The van der Waals surface area contributed by atoms with Gasteiger partial charge in [-0.25, -0.2) is 0 Å². The van der Waals surface area contributed by atoms with Crippen LogP contribution in [0.4, 0.5) is 0 Å². The van der Waals surface area contributed by atoms with Crippen molar-refractivity contribution < 1.29 is 0 Å². The van der Waals surface area contributed by atoms with Crippen molar-refractivity contribution in [2.45, 2.75) is 26.3 Å². The molecule has 1 nitrogen and oxygen atoms in total. The zero-order valence-corrected chi connectivity index (χ0v) is 7.54. The van der Waals surface area contributed by atoms with Gasteiger partial charge in [0.1, 0.15) is 0 Å². The molecule has 0 radical (unpaired) electrons. The highest BCUT2D eigenvalue weighted by Crippen LogP contribution is 1.77. The Balaban J connectivity index is -0.0000000267. The molecule has 0 saturated carbocycles. The maximum Gasteiger partial charge on any atom is 0.000781 e. The van der Waals surface area contributed by atoms with Crippen molar-refractivity contribution in [2.24, 2.45) is 5.73 Å². The van der Waals surface area contributed by atoms with Gasteiger partial charge in [-0.1, -0.05) is 6.92 Å². The standard InChI is InChI=1S/C4H11N.3ClH/c1-3-4(2)5;;;/h4H,3,5H2,1-2H3;3*1H. The summed E-state index contributed by atoms with van der Waals surface area (Å²) in [6.07, 6.45) is 1.08. The van der Waals surface area contributed by atoms with E-state index in [1.54, 1.807) is 0 Å². The topological polar surface area (TPSA) is 26.0 Å². The zero-order valence-electron chi connectivity index (χ0n) is 5.09. The molecule has 56 valence electrons. The van der Waals surface area contributed by atoms with Crippen LogP contribution >= 0.6 is 37.2 Å². The summed E-state index contributed by atoms with van der Waals surface area (Å²) >= 11 is 0. The predicted octanol–water partition coefficient (Wildman–Crippen LogP) is 2.01. The maximum absolute atomic E-state index is 5.29. The Hall–Kier alpha value is 0.830. The highest BCUT2D eigenvalue weighted by Gasteiger charge is 1.79. The molecule has 0 amide bonds. The second-order valence-electron chi connectivity index (χ2n) is 1.39. The zero-order chi connectivity index (χ0) is 4.28. The van der Waals surface area contributed by atoms with Crippen LogP contribution in [0.5, 0.6) is 0 Å². The molecule has 0 aliphatic rings. The van der Waals surface area contributed by atoms with Gasteiger partial charge in [-0.05, 0) is 13.3 Å². The van der Waals surface area contributed by atoms with Crippen LogP contribution in [0, 0.1) is 0 Å². The van der Waals surface area contributed by atoms with E-state index in [4.69, 9.17) is 5.73 Å². The van der Waals surface area contributed by atoms with Gasteiger partial charge < -0.3 is 5.73 Å². The molecule has 0 aromatic carbocycles. The molecule has 0 rings (SSSR count). The SMILES string of the molecule is CCC(C)N.Cl.Cl.Cl. The van der Waals surface area contributed by atoms with E-state index in [0.29, 0.717) is 6.04 Å². The fraction of sp³-hybridized carbons (Fsp3) is 1.00. The third-order valence-electron chi connectivity index (χ3n) is 0.644. The largest absolute Gasteiger partial charge is 0.328 e. The highest BCUT2D eigenvalue weighted by molar-refractivity contribution is 5.86. The molecule has 0 spiro atoms. The minimum atomic E-state index is 0. The molecule has 0 bridgehead atoms. The number of hydrogen-bond donors (Lipinski definition) is 1. The number of nitrogens with two attached hydrogens (primary N) is 1. The van der Waals surface area contributed by atoms with Gasteiger partial charge in [0.25, 0.3) is 0 Å². The van der Waals surface area contributed by atoms with Crippen LogP contribution in [0.2, 0.25) is 0 Å². The Morgan fingerprint density at radius 3 is 1.38 bits per heavy atom. The van der Waals surface area contributed by atoms with Gasteiger partial charge in [-0.2, -0.15) is 0 Å². The quantitative estimate of drug-likeness (QED) is 0.660. The van der Waals surface area contributed by atoms with Crippen LogP contribution in [-0.2, 0) is 0 Å². The summed E-state index contributed by atoms with van der Waals surface area (Å²) < 4.78 is 0. The lowest BCUT2D eigenvalue weighted by Crippen LogP contribution is -2.11. The van der Waals surface area contributed by atoms with Crippen molar-refractivity contribution in [3.05, 3.63) is 0 Å². The second-order valence-corrected chi connectivity index (χ2v) is 1.39. The summed E-state index contributed by atoms with van der Waals surface area (Å²) in [5.41, 5.74) is 5.29. The molecule has 0 fully saturated rings. The lowest BCUT2D eigenvalue weighted by molar-refractivity contribution is 0.715. The van der Waals surface area contributed by atoms with E-state index in [1.807, 2.05) is 6.92 Å². The van der Waals surface area contributed by atoms with Crippen molar-refractivity contribution in [1.82, 2.24) is 0 Å². The van der Waals surface area contributed by atoms with Crippen LogP contribution < -0.4 is 5.73 Å². The Kier molecular flexibility index (Phi) is 45.4. The van der Waals surface area contributed by atoms with Gasteiger partial charge in [0.05, 0.1) is 0 Å².